The van der Waals surface area contributed by atoms with Gasteiger partial charge in [-0.3, -0.25) is 0 Å². The van der Waals surface area contributed by atoms with Crippen molar-refractivity contribution in [3.8, 4) is 0 Å². The van der Waals surface area contributed by atoms with E-state index in [0.29, 0.717) is 0 Å². The first-order chi connectivity index (χ1) is 7.05. The van der Waals surface area contributed by atoms with Gasteiger partial charge in [0.2, 0.25) is 0 Å². The average molecular weight is 216 g/mol. The van der Waals surface area contributed by atoms with Crippen LogP contribution in [0.25, 0.3) is 0 Å². The van der Waals surface area contributed by atoms with Gasteiger partial charge < -0.3 is 0 Å². The van der Waals surface area contributed by atoms with Gasteiger partial charge in [0.15, 0.2) is 0 Å². The van der Waals surface area contributed by atoms with Crippen molar-refractivity contribution in [2.45, 2.75) is 31.1 Å². The van der Waals surface area contributed by atoms with Gasteiger partial charge in [-0.15, -0.1) is 6.58 Å². The quantitative estimate of drug-likeness (QED) is 0.522. The molecule has 1 aromatic carbocycles. The molecule has 0 unspecified atom stereocenters. The Kier molecular flexibility index (Phi) is 2.59. The first-order valence-electron chi connectivity index (χ1n) is 5.73. The fourth-order valence-corrected chi connectivity index (χ4v) is 5.73. The molecule has 2 rings (SSSR count). The van der Waals surface area contributed by atoms with Crippen LogP contribution in [0.4, 0.5) is 0 Å². The van der Waals surface area contributed by atoms with Crippen LogP contribution in [0, 0.1) is 5.92 Å². The minimum atomic E-state index is -1.02. The van der Waals surface area contributed by atoms with E-state index in [2.05, 4.69) is 62.6 Å². The Morgan fingerprint density at radius 3 is 2.13 bits per heavy atom. The van der Waals surface area contributed by atoms with Gasteiger partial charge in [-0.05, 0) is 22.9 Å². The third kappa shape index (κ3) is 1.93. The van der Waals surface area contributed by atoms with E-state index >= 15 is 0 Å². The summed E-state index contributed by atoms with van der Waals surface area (Å²) in [5.41, 5.74) is 2.41. The Morgan fingerprint density at radius 1 is 1.13 bits per heavy atom. The molecule has 1 fully saturated rings. The smallest absolute Gasteiger partial charge is 0.0487 e. The van der Waals surface area contributed by atoms with Crippen LogP contribution in [0.3, 0.4) is 0 Å². The molecule has 0 amide bonds. The molecule has 0 spiro atoms. The van der Waals surface area contributed by atoms with Gasteiger partial charge in [0.25, 0.3) is 0 Å². The highest BCUT2D eigenvalue weighted by atomic mass is 28.3. The van der Waals surface area contributed by atoms with E-state index in [-0.39, 0.29) is 0 Å². The highest BCUT2D eigenvalue weighted by Gasteiger charge is 2.54. The second-order valence-electron chi connectivity index (χ2n) is 5.64. The SMILES string of the molecule is C=C[C@@H]1[C@@H](c2ccccc2)[C@@H]1[Si](C)(C)C. The molecular formula is C14H20Si. The molecule has 1 aromatic rings. The lowest BCUT2D eigenvalue weighted by molar-refractivity contribution is 1.01. The second kappa shape index (κ2) is 3.64. The van der Waals surface area contributed by atoms with E-state index in [1.165, 1.54) is 5.56 Å². The molecule has 1 heteroatoms. The molecule has 1 aliphatic carbocycles. The Balaban J connectivity index is 2.23. The number of allylic oxidation sites excluding steroid dienone is 1. The topological polar surface area (TPSA) is 0 Å². The number of benzene rings is 1. The zero-order valence-corrected chi connectivity index (χ0v) is 10.9. The summed E-state index contributed by atoms with van der Waals surface area (Å²) in [5.74, 6) is 1.49. The lowest BCUT2D eigenvalue weighted by atomic mass is 10.1. The molecule has 80 valence electrons. The lowest BCUT2D eigenvalue weighted by Crippen LogP contribution is -2.21. The first-order valence-corrected chi connectivity index (χ1v) is 9.31. The summed E-state index contributed by atoms with van der Waals surface area (Å²) in [6, 6.07) is 10.9. The Hall–Kier alpha value is -0.823. The predicted octanol–water partition coefficient (Wildman–Crippen LogP) is 4.29. The van der Waals surface area contributed by atoms with Gasteiger partial charge >= 0.3 is 0 Å². The molecule has 1 aliphatic rings. The molecule has 3 atom stereocenters. The maximum absolute atomic E-state index is 3.98. The molecule has 0 N–H and O–H groups in total. The summed E-state index contributed by atoms with van der Waals surface area (Å²) in [4.78, 5) is 0. The van der Waals surface area contributed by atoms with Crippen LogP contribution < -0.4 is 0 Å². The normalized spacial score (nSPS) is 29.9. The van der Waals surface area contributed by atoms with Crippen LogP contribution in [0.1, 0.15) is 11.5 Å². The zero-order valence-electron chi connectivity index (χ0n) is 9.90. The van der Waals surface area contributed by atoms with E-state index in [0.717, 1.165) is 17.4 Å². The maximum Gasteiger partial charge on any atom is 0.0487 e. The standard InChI is InChI=1S/C14H20Si/c1-5-12-13(14(12)15(2,3)4)11-9-7-6-8-10-11/h5-10,12-14H,1H2,2-4H3/t12-,13-,14-/m1/s1. The van der Waals surface area contributed by atoms with Gasteiger partial charge in [-0.2, -0.15) is 0 Å². The fraction of sp³-hybridized carbons (Fsp3) is 0.429. The summed E-state index contributed by atoms with van der Waals surface area (Å²) in [6.07, 6.45) is 2.17. The van der Waals surface area contributed by atoms with Crippen molar-refractivity contribution in [2.75, 3.05) is 0 Å². The molecule has 0 bridgehead atoms. The van der Waals surface area contributed by atoms with Crippen LogP contribution in [0.15, 0.2) is 43.0 Å². The van der Waals surface area contributed by atoms with Crippen LogP contribution >= 0.6 is 0 Å². The molecule has 15 heavy (non-hydrogen) atoms. The number of hydrogen-bond donors (Lipinski definition) is 0. The van der Waals surface area contributed by atoms with Crippen LogP contribution in [-0.4, -0.2) is 8.07 Å². The van der Waals surface area contributed by atoms with E-state index in [4.69, 9.17) is 0 Å². The van der Waals surface area contributed by atoms with Crippen LogP contribution in [0.5, 0.6) is 0 Å². The second-order valence-corrected chi connectivity index (χ2v) is 11.0. The fourth-order valence-electron chi connectivity index (χ4n) is 2.85. The Bertz CT molecular complexity index is 347. The van der Waals surface area contributed by atoms with Crippen molar-refractivity contribution in [1.29, 1.82) is 0 Å². The highest BCUT2D eigenvalue weighted by molar-refractivity contribution is 6.78. The van der Waals surface area contributed by atoms with Crippen molar-refractivity contribution in [3.05, 3.63) is 48.6 Å². The van der Waals surface area contributed by atoms with Gasteiger partial charge in [0, 0.05) is 8.07 Å². The van der Waals surface area contributed by atoms with Crippen molar-refractivity contribution >= 4 is 8.07 Å². The summed E-state index contributed by atoms with van der Waals surface area (Å²) < 4.78 is 0. The van der Waals surface area contributed by atoms with Gasteiger partial charge in [0.1, 0.15) is 0 Å². The van der Waals surface area contributed by atoms with Crippen LogP contribution in [0.2, 0.25) is 25.2 Å². The third-order valence-corrected chi connectivity index (χ3v) is 6.28. The van der Waals surface area contributed by atoms with Gasteiger partial charge in [0.05, 0.1) is 0 Å². The summed E-state index contributed by atoms with van der Waals surface area (Å²) in [5, 5.41) is 0. The molecule has 1 saturated carbocycles. The van der Waals surface area contributed by atoms with Crippen molar-refractivity contribution in [3.63, 3.8) is 0 Å². The summed E-state index contributed by atoms with van der Waals surface area (Å²) in [7, 11) is -1.02. The molecule has 0 aromatic heterocycles. The molecule has 0 heterocycles. The molecule has 0 radical (unpaired) electrons. The van der Waals surface area contributed by atoms with Gasteiger partial charge in [-0.1, -0.05) is 56.0 Å². The molecule has 0 saturated heterocycles. The minimum Gasteiger partial charge on any atom is -0.103 e. The first kappa shape index (κ1) is 10.7. The highest BCUT2D eigenvalue weighted by Crippen LogP contribution is 2.64. The van der Waals surface area contributed by atoms with E-state index < -0.39 is 8.07 Å². The maximum atomic E-state index is 3.98. The predicted molar refractivity (Wildman–Crippen MR) is 70.0 cm³/mol. The Morgan fingerprint density at radius 2 is 1.73 bits per heavy atom. The largest absolute Gasteiger partial charge is 0.103 e. The number of rotatable bonds is 3. The molecule has 0 aliphatic heterocycles. The van der Waals surface area contributed by atoms with Crippen molar-refractivity contribution in [1.82, 2.24) is 0 Å². The van der Waals surface area contributed by atoms with Crippen LogP contribution in [-0.2, 0) is 0 Å². The molecule has 0 nitrogen and oxygen atoms in total. The summed E-state index contributed by atoms with van der Waals surface area (Å²) >= 11 is 0. The minimum absolute atomic E-state index is 0.735. The lowest BCUT2D eigenvalue weighted by Gasteiger charge is -2.15. The van der Waals surface area contributed by atoms with E-state index in [1.807, 2.05) is 0 Å². The zero-order chi connectivity index (χ0) is 11.1. The van der Waals surface area contributed by atoms with E-state index in [1.54, 1.807) is 0 Å². The van der Waals surface area contributed by atoms with E-state index in [9.17, 15) is 0 Å². The third-order valence-electron chi connectivity index (χ3n) is 3.53. The van der Waals surface area contributed by atoms with Crippen molar-refractivity contribution in [2.24, 2.45) is 5.92 Å². The summed E-state index contributed by atoms with van der Waals surface area (Å²) in [6.45, 7) is 11.4. The van der Waals surface area contributed by atoms with Gasteiger partial charge in [-0.25, -0.2) is 0 Å². The average Bonchev–Trinajstić information content (AvgIpc) is 2.92. The number of hydrogen-bond acceptors (Lipinski definition) is 0. The monoisotopic (exact) mass is 216 g/mol. The molecular weight excluding hydrogens is 196 g/mol. The Labute approximate surface area is 94.0 Å². The van der Waals surface area contributed by atoms with Crippen molar-refractivity contribution < 1.29 is 0 Å².